The summed E-state index contributed by atoms with van der Waals surface area (Å²) in [5, 5.41) is 3.29. The molecule has 214 valence electrons. The van der Waals surface area contributed by atoms with Crippen molar-refractivity contribution in [3.05, 3.63) is 92.4 Å². The highest BCUT2D eigenvalue weighted by Crippen LogP contribution is 2.31. The maximum absolute atomic E-state index is 14.0. The Morgan fingerprint density at radius 3 is 2.10 bits per heavy atom. The minimum absolute atomic E-state index is 0.00922. The monoisotopic (exact) mass is 667 g/mol. The Morgan fingerprint density at radius 2 is 1.55 bits per heavy atom. The van der Waals surface area contributed by atoms with E-state index in [0.29, 0.717) is 0 Å². The number of amides is 2. The van der Waals surface area contributed by atoms with Crippen molar-refractivity contribution in [3.8, 4) is 0 Å². The number of nitrogens with zero attached hydrogens (tertiary/aromatic N) is 2. The molecule has 0 saturated carbocycles. The number of nitrogens with one attached hydrogen (secondary N) is 1. The quantitative estimate of drug-likeness (QED) is 0.279. The molecule has 11 heteroatoms. The van der Waals surface area contributed by atoms with Gasteiger partial charge in [0.2, 0.25) is 11.8 Å². The van der Waals surface area contributed by atoms with Gasteiger partial charge in [-0.2, -0.15) is 0 Å². The largest absolute Gasteiger partial charge is 0.350 e. The second kappa shape index (κ2) is 12.9. The van der Waals surface area contributed by atoms with E-state index < -0.39 is 34.1 Å². The Bertz CT molecular complexity index is 1470. The zero-order valence-electron chi connectivity index (χ0n) is 22.9. The van der Waals surface area contributed by atoms with Gasteiger partial charge in [-0.1, -0.05) is 69.0 Å². The molecule has 0 bridgehead atoms. The Balaban J connectivity index is 2.06. The van der Waals surface area contributed by atoms with Crippen molar-refractivity contribution in [2.24, 2.45) is 0 Å². The van der Waals surface area contributed by atoms with Crippen molar-refractivity contribution in [3.63, 3.8) is 0 Å². The van der Waals surface area contributed by atoms with Crippen LogP contribution < -0.4 is 9.62 Å². The lowest BCUT2D eigenvalue weighted by atomic mass is 10.1. The van der Waals surface area contributed by atoms with Crippen LogP contribution in [0.5, 0.6) is 0 Å². The standard InChI is InChI=1S/C29H32BrCl2N3O4S/c1-19-6-13-24(14-7-19)40(38,39)35(23-12-15-25(31)26(32)16-23)18-27(36)34(17-21-8-10-22(30)11-9-21)20(2)28(37)33-29(3,4)5/h6-16,20H,17-18H2,1-5H3,(H,33,37)/t20-/m0/s1. The van der Waals surface area contributed by atoms with Gasteiger partial charge in [-0.3, -0.25) is 13.9 Å². The smallest absolute Gasteiger partial charge is 0.264 e. The van der Waals surface area contributed by atoms with Gasteiger partial charge >= 0.3 is 0 Å². The number of rotatable bonds is 9. The van der Waals surface area contributed by atoms with E-state index in [0.717, 1.165) is 19.9 Å². The second-order valence-electron chi connectivity index (χ2n) is 10.5. The number of hydrogen-bond acceptors (Lipinski definition) is 4. The van der Waals surface area contributed by atoms with Crippen LogP contribution in [0.1, 0.15) is 38.8 Å². The molecule has 1 atom stereocenters. The first kappa shape index (κ1) is 31.9. The van der Waals surface area contributed by atoms with E-state index in [4.69, 9.17) is 23.2 Å². The van der Waals surface area contributed by atoms with Crippen LogP contribution in [0.3, 0.4) is 0 Å². The molecule has 3 aromatic carbocycles. The highest BCUT2D eigenvalue weighted by atomic mass is 79.9. The molecular weight excluding hydrogens is 637 g/mol. The predicted octanol–water partition coefficient (Wildman–Crippen LogP) is 6.59. The van der Waals surface area contributed by atoms with Gasteiger partial charge in [0.25, 0.3) is 10.0 Å². The van der Waals surface area contributed by atoms with Crippen LogP contribution in [-0.2, 0) is 26.2 Å². The molecule has 40 heavy (non-hydrogen) atoms. The Morgan fingerprint density at radius 1 is 0.950 bits per heavy atom. The van der Waals surface area contributed by atoms with Gasteiger partial charge in [-0.25, -0.2) is 8.42 Å². The van der Waals surface area contributed by atoms with E-state index in [2.05, 4.69) is 21.2 Å². The van der Waals surface area contributed by atoms with Crippen molar-refractivity contribution in [2.75, 3.05) is 10.8 Å². The molecule has 0 aliphatic heterocycles. The number of sulfonamides is 1. The SMILES string of the molecule is Cc1ccc(S(=O)(=O)N(CC(=O)N(Cc2ccc(Br)cc2)[C@@H](C)C(=O)NC(C)(C)C)c2ccc(Cl)c(Cl)c2)cc1. The summed E-state index contributed by atoms with van der Waals surface area (Å²) in [4.78, 5) is 28.5. The van der Waals surface area contributed by atoms with Crippen LogP contribution in [0, 0.1) is 6.92 Å². The molecule has 1 N–H and O–H groups in total. The van der Waals surface area contributed by atoms with E-state index >= 15 is 0 Å². The van der Waals surface area contributed by atoms with E-state index in [1.54, 1.807) is 19.1 Å². The van der Waals surface area contributed by atoms with Gasteiger partial charge in [-0.05, 0) is 82.6 Å². The number of carbonyl (C=O) groups is 2. The van der Waals surface area contributed by atoms with Crippen molar-refractivity contribution in [1.82, 2.24) is 10.2 Å². The van der Waals surface area contributed by atoms with Crippen molar-refractivity contribution >= 4 is 66.7 Å². The molecule has 0 aromatic heterocycles. The lowest BCUT2D eigenvalue weighted by Crippen LogP contribution is -2.54. The number of benzene rings is 3. The van der Waals surface area contributed by atoms with Crippen molar-refractivity contribution in [1.29, 1.82) is 0 Å². The minimum atomic E-state index is -4.20. The van der Waals surface area contributed by atoms with Crippen molar-refractivity contribution in [2.45, 2.75) is 57.6 Å². The van der Waals surface area contributed by atoms with Gasteiger partial charge in [0.1, 0.15) is 12.6 Å². The van der Waals surface area contributed by atoms with Crippen LogP contribution in [0.15, 0.2) is 76.1 Å². The molecule has 0 heterocycles. The second-order valence-corrected chi connectivity index (χ2v) is 14.1. The zero-order chi connectivity index (χ0) is 29.8. The summed E-state index contributed by atoms with van der Waals surface area (Å²) in [6.45, 7) is 8.52. The molecule has 7 nitrogen and oxygen atoms in total. The Hall–Kier alpha value is -2.59. The summed E-state index contributed by atoms with van der Waals surface area (Å²) in [7, 11) is -4.20. The topological polar surface area (TPSA) is 86.8 Å². The van der Waals surface area contributed by atoms with Crippen LogP contribution in [0.4, 0.5) is 5.69 Å². The molecule has 0 aliphatic rings. The maximum Gasteiger partial charge on any atom is 0.264 e. The van der Waals surface area contributed by atoms with Gasteiger partial charge in [0, 0.05) is 16.6 Å². The third kappa shape index (κ3) is 8.22. The van der Waals surface area contributed by atoms with E-state index in [1.807, 2.05) is 52.0 Å². The molecule has 0 aliphatic carbocycles. The summed E-state index contributed by atoms with van der Waals surface area (Å²) in [6.07, 6.45) is 0. The van der Waals surface area contributed by atoms with Crippen LogP contribution in [0.25, 0.3) is 0 Å². The van der Waals surface area contributed by atoms with E-state index in [1.165, 1.54) is 35.2 Å². The van der Waals surface area contributed by atoms with Crippen LogP contribution >= 0.6 is 39.1 Å². The summed E-state index contributed by atoms with van der Waals surface area (Å²) in [5.41, 5.74) is 1.29. The van der Waals surface area contributed by atoms with Crippen LogP contribution in [0.2, 0.25) is 10.0 Å². The number of hydrogen-bond donors (Lipinski definition) is 1. The molecule has 0 fully saturated rings. The van der Waals surface area contributed by atoms with Gasteiger partial charge in [0.15, 0.2) is 0 Å². The normalized spacial score (nSPS) is 12.5. The first-order chi connectivity index (χ1) is 18.6. The Labute approximate surface area is 254 Å². The summed E-state index contributed by atoms with van der Waals surface area (Å²) in [5.74, 6) is -0.929. The fourth-order valence-electron chi connectivity index (χ4n) is 3.85. The third-order valence-corrected chi connectivity index (χ3v) is 9.07. The van der Waals surface area contributed by atoms with Crippen molar-refractivity contribution < 1.29 is 18.0 Å². The number of carbonyl (C=O) groups excluding carboxylic acids is 2. The molecule has 3 aromatic rings. The van der Waals surface area contributed by atoms with Crippen LogP contribution in [-0.4, -0.2) is 43.3 Å². The third-order valence-electron chi connectivity index (χ3n) is 6.01. The Kier molecular flexibility index (Phi) is 10.3. The zero-order valence-corrected chi connectivity index (χ0v) is 26.8. The average molecular weight is 669 g/mol. The molecule has 0 spiro atoms. The van der Waals surface area contributed by atoms with Gasteiger partial charge < -0.3 is 10.2 Å². The highest BCUT2D eigenvalue weighted by Gasteiger charge is 2.33. The lowest BCUT2D eigenvalue weighted by molar-refractivity contribution is -0.140. The minimum Gasteiger partial charge on any atom is -0.350 e. The predicted molar refractivity (Wildman–Crippen MR) is 164 cm³/mol. The first-order valence-electron chi connectivity index (χ1n) is 12.5. The molecule has 3 rings (SSSR count). The summed E-state index contributed by atoms with van der Waals surface area (Å²) < 4.78 is 29.6. The molecular formula is C29H32BrCl2N3O4S. The fourth-order valence-corrected chi connectivity index (χ4v) is 5.81. The molecule has 0 unspecified atom stereocenters. The maximum atomic E-state index is 14.0. The number of anilines is 1. The average Bonchev–Trinajstić information content (AvgIpc) is 2.87. The van der Waals surface area contributed by atoms with Gasteiger partial charge in [0.05, 0.1) is 20.6 Å². The first-order valence-corrected chi connectivity index (χ1v) is 15.5. The summed E-state index contributed by atoms with van der Waals surface area (Å²) in [6, 6.07) is 17.1. The lowest BCUT2D eigenvalue weighted by Gasteiger charge is -2.33. The van der Waals surface area contributed by atoms with E-state index in [-0.39, 0.29) is 33.1 Å². The summed E-state index contributed by atoms with van der Waals surface area (Å²) >= 11 is 15.7. The molecule has 0 saturated heterocycles. The molecule has 0 radical (unpaired) electrons. The fraction of sp³-hybridized carbons (Fsp3) is 0.310. The van der Waals surface area contributed by atoms with Gasteiger partial charge in [-0.15, -0.1) is 0 Å². The number of halogens is 3. The number of aryl methyl sites for hydroxylation is 1. The molecule has 2 amide bonds. The van der Waals surface area contributed by atoms with E-state index in [9.17, 15) is 18.0 Å². The highest BCUT2D eigenvalue weighted by molar-refractivity contribution is 9.10.